The van der Waals surface area contributed by atoms with Crippen molar-refractivity contribution in [2.24, 2.45) is 5.16 Å². The Kier molecular flexibility index (Phi) is 7.10. The third-order valence-corrected chi connectivity index (χ3v) is 5.36. The van der Waals surface area contributed by atoms with Crippen LogP contribution in [-0.2, 0) is 9.57 Å². The predicted octanol–water partition coefficient (Wildman–Crippen LogP) is 4.82. The minimum absolute atomic E-state index is 0.112. The van der Waals surface area contributed by atoms with Crippen molar-refractivity contribution in [1.82, 2.24) is 5.32 Å². The minimum atomic E-state index is -0.419. The van der Waals surface area contributed by atoms with Crippen LogP contribution in [0.1, 0.15) is 71.3 Å². The molecule has 0 radical (unpaired) electrons. The molecule has 166 valence electrons. The first-order valence-corrected chi connectivity index (χ1v) is 10.8. The zero-order valence-corrected chi connectivity index (χ0v) is 18.6. The highest BCUT2D eigenvalue weighted by molar-refractivity contribution is 6.02. The molecule has 1 fully saturated rings. The monoisotopic (exact) mass is 418 g/mol. The van der Waals surface area contributed by atoms with Gasteiger partial charge in [-0.2, -0.15) is 0 Å². The van der Waals surface area contributed by atoms with Crippen molar-refractivity contribution in [3.05, 3.63) is 23.8 Å². The van der Waals surface area contributed by atoms with Gasteiger partial charge < -0.3 is 24.4 Å². The fraction of sp³-hybridized carbons (Fsp3) is 0.652. The van der Waals surface area contributed by atoms with Crippen LogP contribution in [0.2, 0.25) is 0 Å². The SMILES string of the molecule is COc1ccc(C2=NOC3(CCCCC3)C2)cc1OCCCOC(=O)NC(C)(C)C. The van der Waals surface area contributed by atoms with E-state index in [1.807, 2.05) is 39.0 Å². The van der Waals surface area contributed by atoms with E-state index in [0.29, 0.717) is 24.5 Å². The molecule has 1 aliphatic carbocycles. The second kappa shape index (κ2) is 9.58. The molecule has 7 nitrogen and oxygen atoms in total. The van der Waals surface area contributed by atoms with Crippen LogP contribution >= 0.6 is 0 Å². The Morgan fingerprint density at radius 2 is 1.93 bits per heavy atom. The topological polar surface area (TPSA) is 78.4 Å². The predicted molar refractivity (Wildman–Crippen MR) is 115 cm³/mol. The molecular weight excluding hydrogens is 384 g/mol. The van der Waals surface area contributed by atoms with Crippen molar-refractivity contribution in [2.75, 3.05) is 20.3 Å². The average Bonchev–Trinajstić information content (AvgIpc) is 3.10. The molecule has 30 heavy (non-hydrogen) atoms. The lowest BCUT2D eigenvalue weighted by Gasteiger charge is -2.30. The maximum Gasteiger partial charge on any atom is 0.407 e. The number of hydrogen-bond acceptors (Lipinski definition) is 6. The Morgan fingerprint density at radius 1 is 1.17 bits per heavy atom. The fourth-order valence-corrected chi connectivity index (χ4v) is 3.86. The second-order valence-corrected chi connectivity index (χ2v) is 9.13. The van der Waals surface area contributed by atoms with Crippen LogP contribution in [0.4, 0.5) is 4.79 Å². The van der Waals surface area contributed by atoms with Crippen molar-refractivity contribution in [3.63, 3.8) is 0 Å². The lowest BCUT2D eigenvalue weighted by molar-refractivity contribution is -0.0449. The first-order valence-electron chi connectivity index (χ1n) is 10.8. The lowest BCUT2D eigenvalue weighted by Crippen LogP contribution is -2.41. The summed E-state index contributed by atoms with van der Waals surface area (Å²) in [6.45, 7) is 6.42. The molecule has 1 N–H and O–H groups in total. The minimum Gasteiger partial charge on any atom is -0.493 e. The van der Waals surface area contributed by atoms with Gasteiger partial charge >= 0.3 is 6.09 Å². The molecule has 0 unspecified atom stereocenters. The van der Waals surface area contributed by atoms with E-state index in [1.54, 1.807) is 7.11 Å². The van der Waals surface area contributed by atoms with E-state index in [9.17, 15) is 4.79 Å². The van der Waals surface area contributed by atoms with E-state index in [2.05, 4.69) is 10.5 Å². The first kappa shape index (κ1) is 22.2. The number of carbonyl (C=O) groups excluding carboxylic acids is 1. The molecule has 1 aliphatic heterocycles. The summed E-state index contributed by atoms with van der Waals surface area (Å²) in [5, 5.41) is 7.16. The molecule has 2 aliphatic rings. The molecule has 7 heteroatoms. The summed E-state index contributed by atoms with van der Waals surface area (Å²) >= 11 is 0. The van der Waals surface area contributed by atoms with Crippen molar-refractivity contribution < 1.29 is 23.8 Å². The number of rotatable bonds is 7. The van der Waals surface area contributed by atoms with Gasteiger partial charge in [0.1, 0.15) is 5.60 Å². The van der Waals surface area contributed by atoms with E-state index in [4.69, 9.17) is 19.0 Å². The van der Waals surface area contributed by atoms with Gasteiger partial charge in [0.15, 0.2) is 11.5 Å². The van der Waals surface area contributed by atoms with Gasteiger partial charge in [-0.3, -0.25) is 0 Å². The number of carbonyl (C=O) groups is 1. The number of amides is 1. The fourth-order valence-electron chi connectivity index (χ4n) is 3.86. The number of oxime groups is 1. The first-order chi connectivity index (χ1) is 14.3. The summed E-state index contributed by atoms with van der Waals surface area (Å²) in [5.41, 5.74) is 1.53. The molecule has 3 rings (SSSR count). The lowest BCUT2D eigenvalue weighted by atomic mass is 9.81. The molecule has 1 spiro atoms. The zero-order chi connectivity index (χ0) is 21.6. The van der Waals surface area contributed by atoms with Gasteiger partial charge in [-0.1, -0.05) is 11.6 Å². The molecule has 0 aromatic heterocycles. The van der Waals surface area contributed by atoms with E-state index in [0.717, 1.165) is 30.5 Å². The number of alkyl carbamates (subject to hydrolysis) is 1. The zero-order valence-electron chi connectivity index (χ0n) is 18.6. The summed E-state index contributed by atoms with van der Waals surface area (Å²) in [6, 6.07) is 5.85. The van der Waals surface area contributed by atoms with E-state index >= 15 is 0 Å². The van der Waals surface area contributed by atoms with Crippen LogP contribution < -0.4 is 14.8 Å². The third kappa shape index (κ3) is 6.03. The van der Waals surface area contributed by atoms with E-state index in [-0.39, 0.29) is 17.7 Å². The van der Waals surface area contributed by atoms with Gasteiger partial charge in [-0.25, -0.2) is 4.79 Å². The van der Waals surface area contributed by atoms with Crippen molar-refractivity contribution in [3.8, 4) is 11.5 Å². The summed E-state index contributed by atoms with van der Waals surface area (Å²) in [6.07, 6.45) is 6.84. The van der Waals surface area contributed by atoms with Crippen LogP contribution in [0.3, 0.4) is 0 Å². The normalized spacial score (nSPS) is 17.8. The van der Waals surface area contributed by atoms with Crippen LogP contribution in [0.15, 0.2) is 23.4 Å². The Hall–Kier alpha value is -2.44. The molecule has 1 heterocycles. The third-order valence-electron chi connectivity index (χ3n) is 5.36. The van der Waals surface area contributed by atoms with Gasteiger partial charge in [0.05, 0.1) is 26.0 Å². The van der Waals surface area contributed by atoms with Gasteiger partial charge in [0, 0.05) is 23.9 Å². The summed E-state index contributed by atoms with van der Waals surface area (Å²) in [7, 11) is 1.62. The molecule has 1 saturated carbocycles. The highest BCUT2D eigenvalue weighted by atomic mass is 16.7. The number of ether oxygens (including phenoxy) is 3. The number of benzene rings is 1. The van der Waals surface area contributed by atoms with Crippen LogP contribution in [-0.4, -0.2) is 43.3 Å². The Balaban J connectivity index is 1.52. The van der Waals surface area contributed by atoms with E-state index < -0.39 is 6.09 Å². The van der Waals surface area contributed by atoms with Gasteiger partial charge in [-0.05, 0) is 64.7 Å². The van der Waals surface area contributed by atoms with E-state index in [1.165, 1.54) is 19.3 Å². The van der Waals surface area contributed by atoms with Gasteiger partial charge in [0.25, 0.3) is 0 Å². The largest absolute Gasteiger partial charge is 0.493 e. The quantitative estimate of drug-likeness (QED) is 0.643. The molecule has 1 amide bonds. The summed E-state index contributed by atoms with van der Waals surface area (Å²) < 4.78 is 16.5. The summed E-state index contributed by atoms with van der Waals surface area (Å²) in [4.78, 5) is 17.6. The standard InChI is InChI=1S/C23H34N2O5/c1-22(2,3)24-21(26)29-14-8-13-28-20-15-17(9-10-19(20)27-4)18-16-23(30-25-18)11-6-5-7-12-23/h9-10,15H,5-8,11-14,16H2,1-4H3,(H,24,26). The van der Waals surface area contributed by atoms with Crippen molar-refractivity contribution in [1.29, 1.82) is 0 Å². The second-order valence-electron chi connectivity index (χ2n) is 9.13. The highest BCUT2D eigenvalue weighted by Crippen LogP contribution is 2.40. The Labute approximate surface area is 179 Å². The molecule has 0 atom stereocenters. The maximum absolute atomic E-state index is 11.7. The van der Waals surface area contributed by atoms with Crippen molar-refractivity contribution >= 4 is 11.8 Å². The average molecular weight is 419 g/mol. The Morgan fingerprint density at radius 3 is 2.63 bits per heavy atom. The highest BCUT2D eigenvalue weighted by Gasteiger charge is 2.40. The number of nitrogens with zero attached hydrogens (tertiary/aromatic N) is 1. The van der Waals surface area contributed by atoms with Crippen LogP contribution in [0, 0.1) is 0 Å². The van der Waals surface area contributed by atoms with Crippen molar-refractivity contribution in [2.45, 2.75) is 76.9 Å². The molecule has 1 aromatic rings. The van der Waals surface area contributed by atoms with Crippen LogP contribution in [0.5, 0.6) is 11.5 Å². The summed E-state index contributed by atoms with van der Waals surface area (Å²) in [5.74, 6) is 1.32. The van der Waals surface area contributed by atoms with Crippen LogP contribution in [0.25, 0.3) is 0 Å². The number of hydrogen-bond donors (Lipinski definition) is 1. The molecular formula is C23H34N2O5. The van der Waals surface area contributed by atoms with Gasteiger partial charge in [-0.15, -0.1) is 0 Å². The molecule has 1 aromatic carbocycles. The number of methoxy groups -OCH3 is 1. The smallest absolute Gasteiger partial charge is 0.407 e. The number of nitrogens with one attached hydrogen (secondary N) is 1. The molecule has 0 saturated heterocycles. The van der Waals surface area contributed by atoms with Gasteiger partial charge in [0.2, 0.25) is 0 Å². The molecule has 0 bridgehead atoms. The maximum atomic E-state index is 11.7. The Bertz CT molecular complexity index is 763.